The fourth-order valence-corrected chi connectivity index (χ4v) is 3.19. The van der Waals surface area contributed by atoms with Gasteiger partial charge in [-0.15, -0.1) is 0 Å². The average Bonchev–Trinajstić information content (AvgIpc) is 2.29. The summed E-state index contributed by atoms with van der Waals surface area (Å²) in [5.74, 6) is 1.96. The Morgan fingerprint density at radius 3 is 2.94 bits per heavy atom. The highest BCUT2D eigenvalue weighted by Crippen LogP contribution is 2.40. The standard InChI is InChI=1S/C14H24O2/c1-2-3-8-16-14-7-5-11-9-13(15)6-4-12(11)10-14/h11-12,14H,2-10H2,1H3. The summed E-state index contributed by atoms with van der Waals surface area (Å²) in [6.07, 6.45) is 9.29. The molecule has 0 saturated heterocycles. The molecule has 0 aliphatic heterocycles. The third kappa shape index (κ3) is 3.07. The van der Waals surface area contributed by atoms with Crippen LogP contribution in [0.5, 0.6) is 0 Å². The van der Waals surface area contributed by atoms with Gasteiger partial charge in [0.1, 0.15) is 5.78 Å². The first-order chi connectivity index (χ1) is 7.79. The zero-order valence-electron chi connectivity index (χ0n) is 10.4. The van der Waals surface area contributed by atoms with Gasteiger partial charge in [0.2, 0.25) is 0 Å². The maximum absolute atomic E-state index is 11.4. The van der Waals surface area contributed by atoms with Crippen molar-refractivity contribution >= 4 is 5.78 Å². The molecule has 0 N–H and O–H groups in total. The lowest BCUT2D eigenvalue weighted by Crippen LogP contribution is -2.34. The van der Waals surface area contributed by atoms with E-state index in [4.69, 9.17) is 4.74 Å². The van der Waals surface area contributed by atoms with E-state index in [1.807, 2.05) is 0 Å². The maximum atomic E-state index is 11.4. The number of hydrogen-bond donors (Lipinski definition) is 0. The van der Waals surface area contributed by atoms with Gasteiger partial charge in [-0.1, -0.05) is 13.3 Å². The van der Waals surface area contributed by atoms with Crippen molar-refractivity contribution in [2.75, 3.05) is 6.61 Å². The monoisotopic (exact) mass is 224 g/mol. The Kier molecular flexibility index (Phi) is 4.39. The van der Waals surface area contributed by atoms with E-state index in [0.29, 0.717) is 17.8 Å². The van der Waals surface area contributed by atoms with Crippen LogP contribution in [-0.4, -0.2) is 18.5 Å². The molecule has 0 radical (unpaired) electrons. The Balaban J connectivity index is 1.75. The predicted molar refractivity (Wildman–Crippen MR) is 64.3 cm³/mol. The summed E-state index contributed by atoms with van der Waals surface area (Å²) in [6, 6.07) is 0. The van der Waals surface area contributed by atoms with Crippen molar-refractivity contribution < 1.29 is 9.53 Å². The van der Waals surface area contributed by atoms with Crippen molar-refractivity contribution in [2.45, 2.75) is 64.4 Å². The molecular formula is C14H24O2. The van der Waals surface area contributed by atoms with Crippen molar-refractivity contribution in [1.82, 2.24) is 0 Å². The lowest BCUT2D eigenvalue weighted by molar-refractivity contribution is -0.124. The molecule has 3 atom stereocenters. The molecule has 0 heterocycles. The maximum Gasteiger partial charge on any atom is 0.133 e. The van der Waals surface area contributed by atoms with Gasteiger partial charge in [0, 0.05) is 19.4 Å². The van der Waals surface area contributed by atoms with Crippen LogP contribution in [0.2, 0.25) is 0 Å². The number of carbonyl (C=O) groups is 1. The van der Waals surface area contributed by atoms with Gasteiger partial charge in [-0.3, -0.25) is 4.79 Å². The number of Topliss-reactive ketones (excluding diaryl/α,β-unsaturated/α-hetero) is 1. The first kappa shape index (κ1) is 12.1. The molecule has 0 aromatic rings. The number of ketones is 1. The van der Waals surface area contributed by atoms with Gasteiger partial charge in [-0.25, -0.2) is 0 Å². The Hall–Kier alpha value is -0.370. The predicted octanol–water partition coefficient (Wildman–Crippen LogP) is 3.34. The number of rotatable bonds is 4. The molecule has 0 amide bonds. The minimum Gasteiger partial charge on any atom is -0.378 e. The normalized spacial score (nSPS) is 34.8. The van der Waals surface area contributed by atoms with E-state index < -0.39 is 0 Å². The quantitative estimate of drug-likeness (QED) is 0.685. The molecule has 92 valence electrons. The molecule has 0 aromatic carbocycles. The Labute approximate surface area is 98.7 Å². The second-order valence-corrected chi connectivity index (χ2v) is 5.46. The van der Waals surface area contributed by atoms with E-state index in [2.05, 4.69) is 6.92 Å². The molecule has 16 heavy (non-hydrogen) atoms. The third-order valence-corrected chi connectivity index (χ3v) is 4.23. The smallest absolute Gasteiger partial charge is 0.133 e. The summed E-state index contributed by atoms with van der Waals surface area (Å²) in [4.78, 5) is 11.4. The van der Waals surface area contributed by atoms with E-state index in [1.54, 1.807) is 0 Å². The lowest BCUT2D eigenvalue weighted by atomic mass is 9.70. The minimum absolute atomic E-state index is 0.487. The van der Waals surface area contributed by atoms with Crippen LogP contribution in [0.15, 0.2) is 0 Å². The molecule has 0 bridgehead atoms. The van der Waals surface area contributed by atoms with Crippen LogP contribution in [0.1, 0.15) is 58.3 Å². The number of fused-ring (bicyclic) bond motifs is 1. The fourth-order valence-electron chi connectivity index (χ4n) is 3.19. The van der Waals surface area contributed by atoms with Crippen LogP contribution in [-0.2, 0) is 9.53 Å². The van der Waals surface area contributed by atoms with Gasteiger partial charge in [0.05, 0.1) is 6.10 Å². The molecule has 2 rings (SSSR count). The van der Waals surface area contributed by atoms with Crippen LogP contribution < -0.4 is 0 Å². The summed E-state index contributed by atoms with van der Waals surface area (Å²) >= 11 is 0. The summed E-state index contributed by atoms with van der Waals surface area (Å²) < 4.78 is 5.91. The average molecular weight is 224 g/mol. The van der Waals surface area contributed by atoms with E-state index in [0.717, 1.165) is 31.8 Å². The van der Waals surface area contributed by atoms with Crippen molar-refractivity contribution in [2.24, 2.45) is 11.8 Å². The van der Waals surface area contributed by atoms with Gasteiger partial charge in [-0.2, -0.15) is 0 Å². The van der Waals surface area contributed by atoms with Crippen LogP contribution in [0.25, 0.3) is 0 Å². The highest BCUT2D eigenvalue weighted by molar-refractivity contribution is 5.79. The van der Waals surface area contributed by atoms with Gasteiger partial charge >= 0.3 is 0 Å². The van der Waals surface area contributed by atoms with Gasteiger partial charge < -0.3 is 4.74 Å². The molecule has 0 aromatic heterocycles. The van der Waals surface area contributed by atoms with Gasteiger partial charge in [0.15, 0.2) is 0 Å². The number of unbranched alkanes of at least 4 members (excludes halogenated alkanes) is 1. The van der Waals surface area contributed by atoms with E-state index >= 15 is 0 Å². The fraction of sp³-hybridized carbons (Fsp3) is 0.929. The summed E-state index contributed by atoms with van der Waals surface area (Å²) in [6.45, 7) is 3.13. The highest BCUT2D eigenvalue weighted by atomic mass is 16.5. The largest absolute Gasteiger partial charge is 0.378 e. The highest BCUT2D eigenvalue weighted by Gasteiger charge is 2.35. The van der Waals surface area contributed by atoms with Crippen molar-refractivity contribution in [1.29, 1.82) is 0 Å². The first-order valence-electron chi connectivity index (χ1n) is 6.93. The molecular weight excluding hydrogens is 200 g/mol. The van der Waals surface area contributed by atoms with Crippen LogP contribution in [0.4, 0.5) is 0 Å². The van der Waals surface area contributed by atoms with Crippen molar-refractivity contribution in [3.8, 4) is 0 Å². The molecule has 3 unspecified atom stereocenters. The second kappa shape index (κ2) is 5.81. The summed E-state index contributed by atoms with van der Waals surface area (Å²) in [5, 5.41) is 0. The van der Waals surface area contributed by atoms with Gasteiger partial charge in [-0.05, 0) is 43.9 Å². The SMILES string of the molecule is CCCCOC1CCC2CC(=O)CCC2C1. The molecule has 2 nitrogen and oxygen atoms in total. The summed E-state index contributed by atoms with van der Waals surface area (Å²) in [5.41, 5.74) is 0. The van der Waals surface area contributed by atoms with E-state index in [1.165, 1.54) is 32.1 Å². The van der Waals surface area contributed by atoms with Crippen molar-refractivity contribution in [3.05, 3.63) is 0 Å². The van der Waals surface area contributed by atoms with Gasteiger partial charge in [0.25, 0.3) is 0 Å². The number of hydrogen-bond acceptors (Lipinski definition) is 2. The molecule has 2 aliphatic carbocycles. The minimum atomic E-state index is 0.487. The Bertz CT molecular complexity index is 237. The first-order valence-corrected chi connectivity index (χ1v) is 6.93. The zero-order chi connectivity index (χ0) is 11.4. The van der Waals surface area contributed by atoms with Crippen molar-refractivity contribution in [3.63, 3.8) is 0 Å². The lowest BCUT2D eigenvalue weighted by Gasteiger charge is -2.38. The zero-order valence-corrected chi connectivity index (χ0v) is 10.4. The summed E-state index contributed by atoms with van der Waals surface area (Å²) in [7, 11) is 0. The molecule has 2 saturated carbocycles. The topological polar surface area (TPSA) is 26.3 Å². The molecule has 2 heteroatoms. The Morgan fingerprint density at radius 2 is 2.12 bits per heavy atom. The second-order valence-electron chi connectivity index (χ2n) is 5.46. The van der Waals surface area contributed by atoms with Crippen LogP contribution >= 0.6 is 0 Å². The van der Waals surface area contributed by atoms with E-state index in [9.17, 15) is 4.79 Å². The number of ether oxygens (including phenoxy) is 1. The Morgan fingerprint density at radius 1 is 1.25 bits per heavy atom. The third-order valence-electron chi connectivity index (χ3n) is 4.23. The van der Waals surface area contributed by atoms with Crippen LogP contribution in [0, 0.1) is 11.8 Å². The molecule has 2 fully saturated rings. The van der Waals surface area contributed by atoms with Crippen LogP contribution in [0.3, 0.4) is 0 Å². The van der Waals surface area contributed by atoms with E-state index in [-0.39, 0.29) is 0 Å². The molecule has 2 aliphatic rings. The number of carbonyl (C=O) groups excluding carboxylic acids is 1. The molecule has 0 spiro atoms.